The molecule has 0 spiro atoms. The van der Waals surface area contributed by atoms with E-state index in [-0.39, 0.29) is 11.8 Å². The topological polar surface area (TPSA) is 61.4 Å². The van der Waals surface area contributed by atoms with Gasteiger partial charge in [-0.1, -0.05) is 12.1 Å². The molecule has 0 aromatic heterocycles. The average molecular weight is 353 g/mol. The maximum atomic E-state index is 12.5. The molecule has 2 amide bonds. The molecule has 0 aliphatic rings. The second-order valence-electron chi connectivity index (χ2n) is 6.82. The van der Waals surface area contributed by atoms with Crippen LogP contribution in [0.4, 0.5) is 5.69 Å². The van der Waals surface area contributed by atoms with Gasteiger partial charge in [0.1, 0.15) is 0 Å². The summed E-state index contributed by atoms with van der Waals surface area (Å²) in [5.74, 6) is -0.387. The Labute approximate surface area is 155 Å². The minimum absolute atomic E-state index is 0.162. The quantitative estimate of drug-likeness (QED) is 0.751. The van der Waals surface area contributed by atoms with Crippen molar-refractivity contribution in [2.24, 2.45) is 0 Å². The molecule has 2 rings (SSSR count). The van der Waals surface area contributed by atoms with Crippen molar-refractivity contribution in [3.05, 3.63) is 64.7 Å². The highest BCUT2D eigenvalue weighted by Gasteiger charge is 2.11. The van der Waals surface area contributed by atoms with Gasteiger partial charge in [-0.15, -0.1) is 0 Å². The van der Waals surface area contributed by atoms with E-state index in [0.717, 1.165) is 29.8 Å². The first-order valence-corrected chi connectivity index (χ1v) is 8.78. The number of carbonyl (C=O) groups excluding carboxylic acids is 2. The summed E-state index contributed by atoms with van der Waals surface area (Å²) in [6.07, 6.45) is 0.881. The smallest absolute Gasteiger partial charge is 0.255 e. The van der Waals surface area contributed by atoms with E-state index in [9.17, 15) is 9.59 Å². The third-order valence-electron chi connectivity index (χ3n) is 3.93. The molecule has 0 fully saturated rings. The zero-order chi connectivity index (χ0) is 19.1. The summed E-state index contributed by atoms with van der Waals surface area (Å²) in [7, 11) is 4.00. The summed E-state index contributed by atoms with van der Waals surface area (Å²) >= 11 is 0. The standard InChI is InChI=1S/C21H27N3O2/c1-15-11-16(2)13-19(12-15)23-21(26)18-8-5-7-17(14-18)20(25)22-9-6-10-24(3)4/h5,7-8,11-14H,6,9-10H2,1-4H3,(H,22,25)(H,23,26). The highest BCUT2D eigenvalue weighted by atomic mass is 16.2. The number of carbonyl (C=O) groups is 2. The van der Waals surface area contributed by atoms with Crippen molar-refractivity contribution in [2.75, 3.05) is 32.5 Å². The van der Waals surface area contributed by atoms with E-state index in [1.54, 1.807) is 24.3 Å². The van der Waals surface area contributed by atoms with E-state index in [1.165, 1.54) is 0 Å². The van der Waals surface area contributed by atoms with Crippen LogP contribution in [0.25, 0.3) is 0 Å². The number of anilines is 1. The number of rotatable bonds is 7. The fourth-order valence-corrected chi connectivity index (χ4v) is 2.75. The summed E-state index contributed by atoms with van der Waals surface area (Å²) in [4.78, 5) is 26.8. The number of amides is 2. The van der Waals surface area contributed by atoms with Gasteiger partial charge in [0, 0.05) is 23.4 Å². The van der Waals surface area contributed by atoms with E-state index in [2.05, 4.69) is 21.6 Å². The molecule has 2 N–H and O–H groups in total. The first-order valence-electron chi connectivity index (χ1n) is 8.78. The summed E-state index contributed by atoms with van der Waals surface area (Å²) in [5, 5.41) is 5.78. The van der Waals surface area contributed by atoms with Crippen LogP contribution in [0.5, 0.6) is 0 Å². The fraction of sp³-hybridized carbons (Fsp3) is 0.333. The highest BCUT2D eigenvalue weighted by molar-refractivity contribution is 6.06. The van der Waals surface area contributed by atoms with Crippen LogP contribution in [0.3, 0.4) is 0 Å². The van der Waals surface area contributed by atoms with Crippen molar-refractivity contribution in [3.8, 4) is 0 Å². The average Bonchev–Trinajstić information content (AvgIpc) is 2.57. The second kappa shape index (κ2) is 9.15. The molecule has 0 heterocycles. The number of nitrogens with zero attached hydrogens (tertiary/aromatic N) is 1. The third kappa shape index (κ3) is 6.01. The molecule has 5 heteroatoms. The third-order valence-corrected chi connectivity index (χ3v) is 3.93. The zero-order valence-corrected chi connectivity index (χ0v) is 15.9. The lowest BCUT2D eigenvalue weighted by Crippen LogP contribution is -2.27. The summed E-state index contributed by atoms with van der Waals surface area (Å²) in [6, 6.07) is 12.7. The molecule has 0 bridgehead atoms. The Morgan fingerprint density at radius 3 is 2.15 bits per heavy atom. The number of hydrogen-bond acceptors (Lipinski definition) is 3. The van der Waals surface area contributed by atoms with Crippen LogP contribution in [-0.2, 0) is 0 Å². The lowest BCUT2D eigenvalue weighted by atomic mass is 10.1. The Balaban J connectivity index is 2.01. The van der Waals surface area contributed by atoms with Crippen LogP contribution in [0, 0.1) is 13.8 Å². The molecule has 0 aliphatic heterocycles. The van der Waals surface area contributed by atoms with Crippen LogP contribution in [0.15, 0.2) is 42.5 Å². The van der Waals surface area contributed by atoms with E-state index >= 15 is 0 Å². The molecule has 0 radical (unpaired) electrons. The largest absolute Gasteiger partial charge is 0.352 e. The van der Waals surface area contributed by atoms with E-state index in [4.69, 9.17) is 0 Å². The summed E-state index contributed by atoms with van der Waals surface area (Å²) in [6.45, 7) is 5.50. The van der Waals surface area contributed by atoms with Gasteiger partial charge in [-0.05, 0) is 82.4 Å². The fourth-order valence-electron chi connectivity index (χ4n) is 2.75. The first-order chi connectivity index (χ1) is 12.3. The normalized spacial score (nSPS) is 10.7. The Hall–Kier alpha value is -2.66. The molecule has 26 heavy (non-hydrogen) atoms. The Kier molecular flexibility index (Phi) is 6.92. The van der Waals surface area contributed by atoms with Crippen LogP contribution in [-0.4, -0.2) is 43.9 Å². The molecule has 5 nitrogen and oxygen atoms in total. The molecule has 0 unspecified atom stereocenters. The van der Waals surface area contributed by atoms with Gasteiger partial charge in [0.2, 0.25) is 0 Å². The number of nitrogens with one attached hydrogen (secondary N) is 2. The van der Waals surface area contributed by atoms with Crippen molar-refractivity contribution in [2.45, 2.75) is 20.3 Å². The van der Waals surface area contributed by atoms with E-state index < -0.39 is 0 Å². The monoisotopic (exact) mass is 353 g/mol. The maximum Gasteiger partial charge on any atom is 0.255 e. The highest BCUT2D eigenvalue weighted by Crippen LogP contribution is 2.15. The molecule has 0 saturated carbocycles. The van der Waals surface area contributed by atoms with Gasteiger partial charge >= 0.3 is 0 Å². The Morgan fingerprint density at radius 1 is 0.923 bits per heavy atom. The van der Waals surface area contributed by atoms with Gasteiger partial charge in [0.15, 0.2) is 0 Å². The maximum absolute atomic E-state index is 12.5. The van der Waals surface area contributed by atoms with Crippen molar-refractivity contribution in [1.29, 1.82) is 0 Å². The first kappa shape index (κ1) is 19.7. The number of hydrogen-bond donors (Lipinski definition) is 2. The molecular formula is C21H27N3O2. The van der Waals surface area contributed by atoms with Gasteiger partial charge in [-0.3, -0.25) is 9.59 Å². The van der Waals surface area contributed by atoms with Crippen molar-refractivity contribution in [1.82, 2.24) is 10.2 Å². The SMILES string of the molecule is Cc1cc(C)cc(NC(=O)c2cccc(C(=O)NCCCN(C)C)c2)c1. The predicted molar refractivity (Wildman–Crippen MR) is 106 cm³/mol. The van der Waals surface area contributed by atoms with Crippen LogP contribution < -0.4 is 10.6 Å². The Bertz CT molecular complexity index is 764. The van der Waals surface area contributed by atoms with Crippen LogP contribution in [0.1, 0.15) is 38.3 Å². The second-order valence-corrected chi connectivity index (χ2v) is 6.82. The van der Waals surface area contributed by atoms with Crippen molar-refractivity contribution < 1.29 is 9.59 Å². The summed E-state index contributed by atoms with van der Waals surface area (Å²) < 4.78 is 0. The predicted octanol–water partition coefficient (Wildman–Crippen LogP) is 3.24. The molecule has 2 aromatic carbocycles. The van der Waals surface area contributed by atoms with Crippen LogP contribution >= 0.6 is 0 Å². The van der Waals surface area contributed by atoms with Gasteiger partial charge in [0.05, 0.1) is 0 Å². The number of aryl methyl sites for hydroxylation is 2. The number of benzene rings is 2. The van der Waals surface area contributed by atoms with Crippen molar-refractivity contribution >= 4 is 17.5 Å². The van der Waals surface area contributed by atoms with E-state index in [0.29, 0.717) is 17.7 Å². The van der Waals surface area contributed by atoms with Gasteiger partial charge in [0.25, 0.3) is 11.8 Å². The van der Waals surface area contributed by atoms with Gasteiger partial charge in [-0.25, -0.2) is 0 Å². The molecule has 0 saturated heterocycles. The zero-order valence-electron chi connectivity index (χ0n) is 15.9. The Morgan fingerprint density at radius 2 is 1.54 bits per heavy atom. The molecule has 2 aromatic rings. The lowest BCUT2D eigenvalue weighted by molar-refractivity contribution is 0.0952. The molecule has 0 atom stereocenters. The van der Waals surface area contributed by atoms with E-state index in [1.807, 2.05) is 40.1 Å². The molecule has 0 aliphatic carbocycles. The minimum Gasteiger partial charge on any atom is -0.352 e. The lowest BCUT2D eigenvalue weighted by Gasteiger charge is -2.11. The minimum atomic E-state index is -0.225. The van der Waals surface area contributed by atoms with Crippen LogP contribution in [0.2, 0.25) is 0 Å². The van der Waals surface area contributed by atoms with Crippen molar-refractivity contribution in [3.63, 3.8) is 0 Å². The molecule has 138 valence electrons. The summed E-state index contributed by atoms with van der Waals surface area (Å²) in [5.41, 5.74) is 3.89. The molecular weight excluding hydrogens is 326 g/mol. The van der Waals surface area contributed by atoms with Gasteiger partial charge < -0.3 is 15.5 Å². The van der Waals surface area contributed by atoms with Gasteiger partial charge in [-0.2, -0.15) is 0 Å².